The highest BCUT2D eigenvalue weighted by molar-refractivity contribution is 14.0. The van der Waals surface area contributed by atoms with Crippen molar-refractivity contribution in [3.05, 3.63) is 17.7 Å². The Morgan fingerprint density at radius 1 is 1.10 bits per heavy atom. The molecule has 29 heavy (non-hydrogen) atoms. The van der Waals surface area contributed by atoms with Gasteiger partial charge in [-0.3, -0.25) is 9.89 Å². The zero-order valence-corrected chi connectivity index (χ0v) is 20.1. The zero-order chi connectivity index (χ0) is 19.9. The van der Waals surface area contributed by atoms with E-state index in [9.17, 15) is 0 Å². The highest BCUT2D eigenvalue weighted by Crippen LogP contribution is 2.39. The summed E-state index contributed by atoms with van der Waals surface area (Å²) in [5, 5.41) is 3.47. The van der Waals surface area contributed by atoms with E-state index in [-0.39, 0.29) is 24.0 Å². The largest absolute Gasteiger partial charge is 0.493 e. The fourth-order valence-electron chi connectivity index (χ4n) is 3.98. The Hall–Kier alpha value is -1.46. The third-order valence-electron chi connectivity index (χ3n) is 5.46. The summed E-state index contributed by atoms with van der Waals surface area (Å²) >= 11 is 0. The van der Waals surface area contributed by atoms with E-state index in [0.717, 1.165) is 57.3 Å². The Morgan fingerprint density at radius 3 is 2.45 bits per heavy atom. The first-order valence-corrected chi connectivity index (χ1v) is 9.77. The van der Waals surface area contributed by atoms with Gasteiger partial charge in [0.2, 0.25) is 5.75 Å². The molecule has 2 fully saturated rings. The van der Waals surface area contributed by atoms with Crippen molar-refractivity contribution in [1.82, 2.24) is 15.1 Å². The van der Waals surface area contributed by atoms with E-state index < -0.39 is 0 Å². The summed E-state index contributed by atoms with van der Waals surface area (Å²) in [5.74, 6) is 2.85. The highest BCUT2D eigenvalue weighted by Gasteiger charge is 2.30. The molecule has 0 aliphatic carbocycles. The van der Waals surface area contributed by atoms with Crippen molar-refractivity contribution < 1.29 is 18.9 Å². The van der Waals surface area contributed by atoms with Gasteiger partial charge in [0.05, 0.1) is 34.5 Å². The second-order valence-electron chi connectivity index (χ2n) is 6.93. The molecule has 1 N–H and O–H groups in total. The molecule has 0 spiro atoms. The van der Waals surface area contributed by atoms with Crippen molar-refractivity contribution in [2.45, 2.75) is 19.0 Å². The number of morpholine rings is 1. The Balaban J connectivity index is 0.00000300. The van der Waals surface area contributed by atoms with E-state index in [2.05, 4.69) is 20.1 Å². The van der Waals surface area contributed by atoms with Crippen LogP contribution in [0.3, 0.4) is 0 Å². The second-order valence-corrected chi connectivity index (χ2v) is 6.93. The number of halogens is 1. The molecule has 2 heterocycles. The van der Waals surface area contributed by atoms with Crippen LogP contribution in [0, 0.1) is 0 Å². The average molecular weight is 520 g/mol. The topological polar surface area (TPSA) is 67.8 Å². The van der Waals surface area contributed by atoms with E-state index in [1.54, 1.807) is 21.3 Å². The molecular weight excluding hydrogens is 487 g/mol. The molecule has 0 saturated carbocycles. The maximum atomic E-state index is 5.58. The lowest BCUT2D eigenvalue weighted by Gasteiger charge is -2.32. The molecule has 0 amide bonds. The number of hydrogen-bond donors (Lipinski definition) is 1. The smallest absolute Gasteiger partial charge is 0.203 e. The lowest BCUT2D eigenvalue weighted by Crippen LogP contribution is -2.46. The summed E-state index contributed by atoms with van der Waals surface area (Å²) in [6.07, 6.45) is 1.15. The molecule has 9 heteroatoms. The van der Waals surface area contributed by atoms with Gasteiger partial charge in [0.1, 0.15) is 0 Å². The number of ether oxygens (including phenoxy) is 4. The van der Waals surface area contributed by atoms with Gasteiger partial charge in [0, 0.05) is 51.4 Å². The van der Waals surface area contributed by atoms with Crippen LogP contribution in [0.25, 0.3) is 0 Å². The lowest BCUT2D eigenvalue weighted by atomic mass is 10.1. The number of likely N-dealkylation sites (tertiary alicyclic amines) is 1. The molecule has 2 aliphatic heterocycles. The summed E-state index contributed by atoms with van der Waals surface area (Å²) in [6, 6.07) is 4.45. The van der Waals surface area contributed by atoms with Crippen molar-refractivity contribution in [3.8, 4) is 17.2 Å². The summed E-state index contributed by atoms with van der Waals surface area (Å²) in [4.78, 5) is 9.35. The van der Waals surface area contributed by atoms with Crippen LogP contribution in [-0.4, -0.2) is 89.6 Å². The molecule has 2 saturated heterocycles. The maximum absolute atomic E-state index is 5.58. The van der Waals surface area contributed by atoms with E-state index >= 15 is 0 Å². The van der Waals surface area contributed by atoms with Crippen LogP contribution < -0.4 is 19.5 Å². The normalized spacial score (nSPS) is 20.2. The number of hydrogen-bond acceptors (Lipinski definition) is 6. The van der Waals surface area contributed by atoms with Crippen molar-refractivity contribution in [3.63, 3.8) is 0 Å². The van der Waals surface area contributed by atoms with Gasteiger partial charge in [-0.05, 0) is 18.6 Å². The van der Waals surface area contributed by atoms with Crippen LogP contribution in [-0.2, 0) is 11.3 Å². The van der Waals surface area contributed by atoms with Crippen LogP contribution in [0.5, 0.6) is 17.2 Å². The summed E-state index contributed by atoms with van der Waals surface area (Å²) in [7, 11) is 6.71. The molecular formula is C20H33IN4O4. The molecule has 1 unspecified atom stereocenters. The number of methoxy groups -OCH3 is 3. The van der Waals surface area contributed by atoms with Gasteiger partial charge < -0.3 is 29.2 Å². The van der Waals surface area contributed by atoms with E-state index in [1.165, 1.54) is 0 Å². The molecule has 2 aliphatic rings. The van der Waals surface area contributed by atoms with Gasteiger partial charge in [-0.1, -0.05) is 0 Å². The maximum Gasteiger partial charge on any atom is 0.203 e. The number of guanidine groups is 1. The fraction of sp³-hybridized carbons (Fsp3) is 0.650. The lowest BCUT2D eigenvalue weighted by molar-refractivity contribution is 0.0195. The fourth-order valence-corrected chi connectivity index (χ4v) is 3.98. The number of aliphatic imine (C=N–C) groups is 1. The Kier molecular flexibility index (Phi) is 9.57. The van der Waals surface area contributed by atoms with Gasteiger partial charge in [0.25, 0.3) is 0 Å². The molecule has 3 rings (SSSR count). The van der Waals surface area contributed by atoms with Gasteiger partial charge in [-0.25, -0.2) is 0 Å². The molecule has 1 atom stereocenters. The molecule has 0 aromatic heterocycles. The second kappa shape index (κ2) is 11.7. The minimum Gasteiger partial charge on any atom is -0.493 e. The third kappa shape index (κ3) is 5.58. The first-order chi connectivity index (χ1) is 13.7. The number of nitrogens with one attached hydrogen (secondary N) is 1. The highest BCUT2D eigenvalue weighted by atomic mass is 127. The summed E-state index contributed by atoms with van der Waals surface area (Å²) in [6.45, 7) is 6.30. The predicted octanol–water partition coefficient (Wildman–Crippen LogP) is 1.81. The number of nitrogens with zero attached hydrogens (tertiary/aromatic N) is 3. The van der Waals surface area contributed by atoms with Crippen molar-refractivity contribution in [1.29, 1.82) is 0 Å². The third-order valence-corrected chi connectivity index (χ3v) is 5.46. The van der Waals surface area contributed by atoms with Crippen LogP contribution in [0.4, 0.5) is 0 Å². The standard InChI is InChI=1S/C20H32N4O4.HI/c1-21-20(24-8-7-16(14-24)23-9-11-28-12-10-23)22-13-15-5-6-17(25-2)19(27-4)18(15)26-3;/h5-6,16H,7-14H2,1-4H3,(H,21,22);1H. The average Bonchev–Trinajstić information content (AvgIpc) is 3.24. The van der Waals surface area contributed by atoms with Crippen LogP contribution in [0.2, 0.25) is 0 Å². The minimum absolute atomic E-state index is 0. The van der Waals surface area contributed by atoms with Gasteiger partial charge >= 0.3 is 0 Å². The summed E-state index contributed by atoms with van der Waals surface area (Å²) in [5.41, 5.74) is 0.991. The van der Waals surface area contributed by atoms with Crippen LogP contribution in [0.15, 0.2) is 17.1 Å². The molecule has 1 aromatic carbocycles. The van der Waals surface area contributed by atoms with Crippen molar-refractivity contribution >= 4 is 29.9 Å². The van der Waals surface area contributed by atoms with Gasteiger partial charge in [-0.2, -0.15) is 0 Å². The SMILES string of the molecule is CN=C(NCc1ccc(OC)c(OC)c1OC)N1CCC(N2CCOCC2)C1.I. The first kappa shape index (κ1) is 23.8. The van der Waals surface area contributed by atoms with Crippen molar-refractivity contribution in [2.24, 2.45) is 4.99 Å². The quantitative estimate of drug-likeness (QED) is 0.349. The first-order valence-electron chi connectivity index (χ1n) is 9.77. The van der Waals surface area contributed by atoms with Gasteiger partial charge in [-0.15, -0.1) is 24.0 Å². The van der Waals surface area contributed by atoms with E-state index in [4.69, 9.17) is 18.9 Å². The van der Waals surface area contributed by atoms with E-state index in [0.29, 0.717) is 29.8 Å². The predicted molar refractivity (Wildman–Crippen MR) is 124 cm³/mol. The molecule has 1 aromatic rings. The molecule has 8 nitrogen and oxygen atoms in total. The zero-order valence-electron chi connectivity index (χ0n) is 17.8. The van der Waals surface area contributed by atoms with Crippen LogP contribution >= 0.6 is 24.0 Å². The Morgan fingerprint density at radius 2 is 1.83 bits per heavy atom. The van der Waals surface area contributed by atoms with Crippen LogP contribution in [0.1, 0.15) is 12.0 Å². The van der Waals surface area contributed by atoms with Gasteiger partial charge in [0.15, 0.2) is 17.5 Å². The molecule has 164 valence electrons. The molecule has 0 bridgehead atoms. The van der Waals surface area contributed by atoms with Crippen molar-refractivity contribution in [2.75, 3.05) is 67.8 Å². The Bertz CT molecular complexity index is 683. The van der Waals surface area contributed by atoms with E-state index in [1.807, 2.05) is 19.2 Å². The number of rotatable bonds is 6. The number of benzene rings is 1. The Labute approximate surface area is 190 Å². The summed E-state index contributed by atoms with van der Waals surface area (Å²) < 4.78 is 21.9. The monoisotopic (exact) mass is 520 g/mol. The molecule has 0 radical (unpaired) electrons. The minimum atomic E-state index is 0.